The van der Waals surface area contributed by atoms with Gasteiger partial charge in [0.15, 0.2) is 0 Å². The Bertz CT molecular complexity index is 843. The van der Waals surface area contributed by atoms with E-state index in [0.717, 1.165) is 28.1 Å². The lowest BCUT2D eigenvalue weighted by atomic mass is 10.2. The number of nitrogens with zero attached hydrogens (tertiary/aromatic N) is 2. The molecule has 120 valence electrons. The zero-order valence-corrected chi connectivity index (χ0v) is 13.5. The van der Waals surface area contributed by atoms with Crippen molar-refractivity contribution in [3.05, 3.63) is 59.4 Å². The minimum absolute atomic E-state index is 0.119. The quantitative estimate of drug-likeness (QED) is 0.842. The van der Waals surface area contributed by atoms with Crippen LogP contribution >= 0.6 is 0 Å². The van der Waals surface area contributed by atoms with Crippen LogP contribution in [-0.2, 0) is 16.6 Å². The van der Waals surface area contributed by atoms with Gasteiger partial charge >= 0.3 is 0 Å². The Morgan fingerprint density at radius 1 is 1.22 bits per heavy atom. The molecule has 0 saturated carbocycles. The molecule has 0 unspecified atom stereocenters. The highest BCUT2D eigenvalue weighted by atomic mass is 32.2. The van der Waals surface area contributed by atoms with Crippen LogP contribution in [0.5, 0.6) is 5.75 Å². The summed E-state index contributed by atoms with van der Waals surface area (Å²) >= 11 is 0. The predicted octanol–water partition coefficient (Wildman–Crippen LogP) is 2.53. The number of halogens is 1. The van der Waals surface area contributed by atoms with Crippen LogP contribution in [0, 0.1) is 17.1 Å². The van der Waals surface area contributed by atoms with E-state index in [2.05, 4.69) is 0 Å². The standard InChI is InChI=1S/C16H15FN2O3S/c1-19(11-12-3-5-14(22-2)6-4-12)23(20,21)15-7-8-16(17)13(9-15)10-18/h3-9H,11H2,1-2H3. The van der Waals surface area contributed by atoms with E-state index in [9.17, 15) is 12.8 Å². The lowest BCUT2D eigenvalue weighted by molar-refractivity contribution is 0.414. The van der Waals surface area contributed by atoms with E-state index < -0.39 is 15.8 Å². The first-order valence-electron chi connectivity index (χ1n) is 6.67. The largest absolute Gasteiger partial charge is 0.497 e. The number of ether oxygens (including phenoxy) is 1. The van der Waals surface area contributed by atoms with Crippen LogP contribution in [0.3, 0.4) is 0 Å². The van der Waals surface area contributed by atoms with Gasteiger partial charge in [-0.2, -0.15) is 9.57 Å². The lowest BCUT2D eigenvalue weighted by Gasteiger charge is -2.17. The second kappa shape index (κ2) is 6.77. The van der Waals surface area contributed by atoms with Crippen molar-refractivity contribution >= 4 is 10.0 Å². The molecule has 5 nitrogen and oxygen atoms in total. The molecule has 0 radical (unpaired) electrons. The van der Waals surface area contributed by atoms with E-state index in [1.165, 1.54) is 7.05 Å². The second-order valence-corrected chi connectivity index (χ2v) is 6.91. The van der Waals surface area contributed by atoms with Crippen LogP contribution in [-0.4, -0.2) is 26.9 Å². The van der Waals surface area contributed by atoms with Gasteiger partial charge in [0.2, 0.25) is 10.0 Å². The monoisotopic (exact) mass is 334 g/mol. The predicted molar refractivity (Wildman–Crippen MR) is 82.8 cm³/mol. The molecular formula is C16H15FN2O3S. The summed E-state index contributed by atoms with van der Waals surface area (Å²) in [7, 11) is -0.844. The third-order valence-corrected chi connectivity index (χ3v) is 5.13. The van der Waals surface area contributed by atoms with Crippen molar-refractivity contribution < 1.29 is 17.5 Å². The number of benzene rings is 2. The van der Waals surface area contributed by atoms with Gasteiger partial charge in [-0.3, -0.25) is 0 Å². The minimum atomic E-state index is -3.82. The Hall–Kier alpha value is -2.43. The normalized spacial score (nSPS) is 11.3. The van der Waals surface area contributed by atoms with Crippen molar-refractivity contribution in [2.45, 2.75) is 11.4 Å². The zero-order chi connectivity index (χ0) is 17.0. The third kappa shape index (κ3) is 3.67. The summed E-state index contributed by atoms with van der Waals surface area (Å²) in [4.78, 5) is -0.119. The molecule has 0 heterocycles. The molecule has 0 aliphatic heterocycles. The summed E-state index contributed by atoms with van der Waals surface area (Å²) < 4.78 is 44.5. The fourth-order valence-electron chi connectivity index (χ4n) is 2.00. The van der Waals surface area contributed by atoms with Crippen molar-refractivity contribution in [1.29, 1.82) is 5.26 Å². The SMILES string of the molecule is COc1ccc(CN(C)S(=O)(=O)c2ccc(F)c(C#N)c2)cc1. The highest BCUT2D eigenvalue weighted by molar-refractivity contribution is 7.89. The summed E-state index contributed by atoms with van der Waals surface area (Å²) in [6.07, 6.45) is 0. The van der Waals surface area contributed by atoms with Crippen LogP contribution < -0.4 is 4.74 Å². The third-order valence-electron chi connectivity index (χ3n) is 3.33. The van der Waals surface area contributed by atoms with Crippen LogP contribution in [0.4, 0.5) is 4.39 Å². The van der Waals surface area contributed by atoms with E-state index in [1.54, 1.807) is 37.4 Å². The van der Waals surface area contributed by atoms with Gasteiger partial charge in [0, 0.05) is 13.6 Å². The number of rotatable bonds is 5. The van der Waals surface area contributed by atoms with E-state index in [-0.39, 0.29) is 17.0 Å². The molecule has 0 amide bonds. The molecule has 0 aliphatic carbocycles. The van der Waals surface area contributed by atoms with Crippen molar-refractivity contribution in [1.82, 2.24) is 4.31 Å². The van der Waals surface area contributed by atoms with Crippen molar-refractivity contribution in [2.75, 3.05) is 14.2 Å². The molecule has 23 heavy (non-hydrogen) atoms. The average Bonchev–Trinajstić information content (AvgIpc) is 2.55. The van der Waals surface area contributed by atoms with Crippen LogP contribution in [0.2, 0.25) is 0 Å². The molecule has 0 atom stereocenters. The number of nitriles is 1. The molecular weight excluding hydrogens is 319 g/mol. The Labute approximate surface area is 134 Å². The maximum atomic E-state index is 13.3. The van der Waals surface area contributed by atoms with E-state index >= 15 is 0 Å². The Balaban J connectivity index is 2.26. The fourth-order valence-corrected chi connectivity index (χ4v) is 3.19. The van der Waals surface area contributed by atoms with Crippen molar-refractivity contribution in [2.24, 2.45) is 0 Å². The summed E-state index contributed by atoms with van der Waals surface area (Å²) in [5.74, 6) is -0.0688. The van der Waals surface area contributed by atoms with Gasteiger partial charge in [-0.1, -0.05) is 12.1 Å². The van der Waals surface area contributed by atoms with E-state index in [4.69, 9.17) is 10.00 Å². The topological polar surface area (TPSA) is 70.4 Å². The Morgan fingerprint density at radius 3 is 2.43 bits per heavy atom. The highest BCUT2D eigenvalue weighted by Crippen LogP contribution is 2.20. The zero-order valence-electron chi connectivity index (χ0n) is 12.7. The van der Waals surface area contributed by atoms with Gasteiger partial charge in [-0.25, -0.2) is 12.8 Å². The molecule has 2 aromatic rings. The highest BCUT2D eigenvalue weighted by Gasteiger charge is 2.22. The summed E-state index contributed by atoms with van der Waals surface area (Å²) in [6.45, 7) is 0.144. The molecule has 0 saturated heterocycles. The molecule has 0 spiro atoms. The first-order chi connectivity index (χ1) is 10.9. The summed E-state index contributed by atoms with van der Waals surface area (Å²) in [5, 5.41) is 8.82. The first kappa shape index (κ1) is 16.9. The number of sulfonamides is 1. The van der Waals surface area contributed by atoms with Crippen molar-refractivity contribution in [3.63, 3.8) is 0 Å². The molecule has 0 N–H and O–H groups in total. The van der Waals surface area contributed by atoms with E-state index in [1.807, 2.05) is 0 Å². The van der Waals surface area contributed by atoms with E-state index in [0.29, 0.717) is 5.75 Å². The lowest BCUT2D eigenvalue weighted by Crippen LogP contribution is -2.26. The molecule has 0 aliphatic rings. The summed E-state index contributed by atoms with van der Waals surface area (Å²) in [5.41, 5.74) is 0.475. The second-order valence-electron chi connectivity index (χ2n) is 4.86. The summed E-state index contributed by atoms with van der Waals surface area (Å²) in [6, 6.07) is 11.8. The van der Waals surface area contributed by atoms with Gasteiger partial charge < -0.3 is 4.74 Å². The number of hydrogen-bond donors (Lipinski definition) is 0. The van der Waals surface area contributed by atoms with Gasteiger partial charge in [0.05, 0.1) is 17.6 Å². The van der Waals surface area contributed by atoms with Crippen LogP contribution in [0.1, 0.15) is 11.1 Å². The maximum Gasteiger partial charge on any atom is 0.243 e. The molecule has 0 aromatic heterocycles. The van der Waals surface area contributed by atoms with Gasteiger partial charge in [-0.05, 0) is 35.9 Å². The average molecular weight is 334 g/mol. The minimum Gasteiger partial charge on any atom is -0.497 e. The van der Waals surface area contributed by atoms with Gasteiger partial charge in [0.1, 0.15) is 17.6 Å². The Kier molecular flexibility index (Phi) is 4.98. The van der Waals surface area contributed by atoms with Crippen LogP contribution in [0.25, 0.3) is 0 Å². The molecule has 2 aromatic carbocycles. The number of methoxy groups -OCH3 is 1. The molecule has 0 bridgehead atoms. The fraction of sp³-hybridized carbons (Fsp3) is 0.188. The molecule has 0 fully saturated rings. The first-order valence-corrected chi connectivity index (χ1v) is 8.11. The number of hydrogen-bond acceptors (Lipinski definition) is 4. The van der Waals surface area contributed by atoms with Gasteiger partial charge in [0.25, 0.3) is 0 Å². The maximum absolute atomic E-state index is 13.3. The van der Waals surface area contributed by atoms with Crippen molar-refractivity contribution in [3.8, 4) is 11.8 Å². The molecule has 7 heteroatoms. The Morgan fingerprint density at radius 2 is 1.87 bits per heavy atom. The smallest absolute Gasteiger partial charge is 0.243 e. The van der Waals surface area contributed by atoms with Crippen LogP contribution in [0.15, 0.2) is 47.4 Å². The molecule has 2 rings (SSSR count). The van der Waals surface area contributed by atoms with Gasteiger partial charge in [-0.15, -0.1) is 0 Å².